The minimum atomic E-state index is -4.26. The number of hydrogen-bond donors (Lipinski definition) is 0. The van der Waals surface area contributed by atoms with Crippen LogP contribution in [0.5, 0.6) is 5.75 Å². The van der Waals surface area contributed by atoms with Crippen molar-refractivity contribution >= 4 is 5.78 Å². The first-order valence-corrected chi connectivity index (χ1v) is 5.85. The number of hydrogen-bond acceptors (Lipinski definition) is 3. The number of alkyl halides is 3. The third-order valence-electron chi connectivity index (χ3n) is 2.66. The van der Waals surface area contributed by atoms with Crippen molar-refractivity contribution in [3.63, 3.8) is 0 Å². The van der Waals surface area contributed by atoms with Crippen LogP contribution in [0.3, 0.4) is 0 Å². The number of ketones is 1. The van der Waals surface area contributed by atoms with E-state index in [0.29, 0.717) is 0 Å². The highest BCUT2D eigenvalue weighted by Crippen LogP contribution is 2.20. The monoisotopic (exact) mass is 293 g/mol. The van der Waals surface area contributed by atoms with Crippen LogP contribution in [0.15, 0.2) is 18.2 Å². The molecule has 3 nitrogen and oxygen atoms in total. The van der Waals surface area contributed by atoms with Gasteiger partial charge in [0.25, 0.3) is 0 Å². The van der Waals surface area contributed by atoms with Crippen molar-refractivity contribution in [1.82, 2.24) is 4.90 Å². The fourth-order valence-corrected chi connectivity index (χ4v) is 1.57. The molecule has 0 aliphatic heterocycles. The van der Waals surface area contributed by atoms with Crippen molar-refractivity contribution in [2.75, 3.05) is 27.2 Å². The zero-order valence-corrected chi connectivity index (χ0v) is 11.1. The lowest BCUT2D eigenvalue weighted by atomic mass is 10.1. The summed E-state index contributed by atoms with van der Waals surface area (Å²) in [5, 5.41) is 0. The Labute approximate surface area is 114 Å². The lowest BCUT2D eigenvalue weighted by molar-refractivity contribution is -0.137. The molecular formula is C13H15F4NO2. The second-order valence-corrected chi connectivity index (χ2v) is 4.38. The number of carbonyl (C=O) groups is 1. The first-order chi connectivity index (χ1) is 9.23. The van der Waals surface area contributed by atoms with E-state index in [1.165, 1.54) is 31.2 Å². The van der Waals surface area contributed by atoms with Gasteiger partial charge in [-0.1, -0.05) is 0 Å². The Kier molecular flexibility index (Phi) is 5.50. The van der Waals surface area contributed by atoms with Crippen molar-refractivity contribution < 1.29 is 27.1 Å². The Morgan fingerprint density at radius 2 is 2.00 bits per heavy atom. The lowest BCUT2D eigenvalue weighted by Crippen LogP contribution is -2.29. The fraction of sp³-hybridized carbons (Fsp3) is 0.462. The molecule has 0 unspecified atom stereocenters. The molecule has 1 rings (SSSR count). The van der Waals surface area contributed by atoms with Crippen LogP contribution in [0.4, 0.5) is 17.6 Å². The molecule has 0 amide bonds. The average Bonchev–Trinajstić information content (AvgIpc) is 2.35. The van der Waals surface area contributed by atoms with Gasteiger partial charge in [-0.3, -0.25) is 9.69 Å². The molecule has 0 bridgehead atoms. The fourth-order valence-electron chi connectivity index (χ4n) is 1.57. The molecule has 0 aliphatic rings. The molecule has 0 aromatic heterocycles. The number of halogens is 4. The van der Waals surface area contributed by atoms with Crippen LogP contribution >= 0.6 is 0 Å². The van der Waals surface area contributed by atoms with Gasteiger partial charge in [0.15, 0.2) is 17.3 Å². The summed E-state index contributed by atoms with van der Waals surface area (Å²) in [5.74, 6) is -1.13. The predicted molar refractivity (Wildman–Crippen MR) is 65.5 cm³/mol. The first kappa shape index (κ1) is 16.4. The van der Waals surface area contributed by atoms with E-state index in [9.17, 15) is 22.4 Å². The van der Waals surface area contributed by atoms with Crippen LogP contribution in [0.1, 0.15) is 16.8 Å². The van der Waals surface area contributed by atoms with Crippen molar-refractivity contribution in [2.24, 2.45) is 0 Å². The van der Waals surface area contributed by atoms with Crippen LogP contribution < -0.4 is 4.74 Å². The maximum Gasteiger partial charge on any atom is 0.390 e. The predicted octanol–water partition coefficient (Wildman–Crippen LogP) is 2.90. The quantitative estimate of drug-likeness (QED) is 0.596. The summed E-state index contributed by atoms with van der Waals surface area (Å²) in [6, 6.07) is 3.69. The third kappa shape index (κ3) is 5.16. The summed E-state index contributed by atoms with van der Waals surface area (Å²) in [7, 11) is 2.70. The summed E-state index contributed by atoms with van der Waals surface area (Å²) in [4.78, 5) is 13.0. The van der Waals surface area contributed by atoms with Gasteiger partial charge in [-0.2, -0.15) is 13.2 Å². The summed E-state index contributed by atoms with van der Waals surface area (Å²) >= 11 is 0. The first-order valence-electron chi connectivity index (χ1n) is 5.85. The molecule has 0 N–H and O–H groups in total. The molecule has 0 saturated carbocycles. The topological polar surface area (TPSA) is 29.5 Å². The number of nitrogens with zero attached hydrogens (tertiary/aromatic N) is 1. The Morgan fingerprint density at radius 3 is 2.50 bits per heavy atom. The van der Waals surface area contributed by atoms with Gasteiger partial charge < -0.3 is 4.74 Å². The Morgan fingerprint density at radius 1 is 1.35 bits per heavy atom. The van der Waals surface area contributed by atoms with Gasteiger partial charge in [0.1, 0.15) is 0 Å². The highest BCUT2D eigenvalue weighted by atomic mass is 19.4. The van der Waals surface area contributed by atoms with Gasteiger partial charge in [-0.05, 0) is 25.2 Å². The second kappa shape index (κ2) is 6.69. The zero-order valence-electron chi connectivity index (χ0n) is 11.1. The van der Waals surface area contributed by atoms with Gasteiger partial charge >= 0.3 is 6.18 Å². The maximum atomic E-state index is 13.4. The minimum Gasteiger partial charge on any atom is -0.494 e. The highest BCUT2D eigenvalue weighted by molar-refractivity contribution is 5.97. The number of carbonyl (C=O) groups excluding carboxylic acids is 1. The molecular weight excluding hydrogens is 278 g/mol. The smallest absolute Gasteiger partial charge is 0.390 e. The van der Waals surface area contributed by atoms with E-state index in [1.807, 2.05) is 0 Å². The summed E-state index contributed by atoms with van der Waals surface area (Å²) in [6.45, 7) is -0.490. The summed E-state index contributed by atoms with van der Waals surface area (Å²) in [5.41, 5.74) is 0.0992. The third-order valence-corrected chi connectivity index (χ3v) is 2.66. The van der Waals surface area contributed by atoms with E-state index < -0.39 is 24.2 Å². The van der Waals surface area contributed by atoms with Gasteiger partial charge in [-0.15, -0.1) is 0 Å². The minimum absolute atomic E-state index is 0.00646. The molecule has 20 heavy (non-hydrogen) atoms. The molecule has 0 radical (unpaired) electrons. The van der Waals surface area contributed by atoms with Crippen LogP contribution in [0, 0.1) is 5.82 Å². The van der Waals surface area contributed by atoms with Gasteiger partial charge in [0.2, 0.25) is 0 Å². The molecule has 7 heteroatoms. The largest absolute Gasteiger partial charge is 0.494 e. The molecule has 0 heterocycles. The van der Waals surface area contributed by atoms with Crippen LogP contribution in [0.25, 0.3) is 0 Å². The normalized spacial score (nSPS) is 11.8. The van der Waals surface area contributed by atoms with E-state index >= 15 is 0 Å². The highest BCUT2D eigenvalue weighted by Gasteiger charge is 2.27. The number of likely N-dealkylation sites (N-methyl/N-ethyl adjacent to an activating group) is 1. The molecule has 0 fully saturated rings. The molecule has 0 spiro atoms. The van der Waals surface area contributed by atoms with E-state index in [-0.39, 0.29) is 24.4 Å². The van der Waals surface area contributed by atoms with Crippen molar-refractivity contribution in [3.05, 3.63) is 29.6 Å². The number of rotatable bonds is 6. The van der Waals surface area contributed by atoms with E-state index in [4.69, 9.17) is 4.74 Å². The Balaban J connectivity index is 2.60. The molecule has 0 atom stereocenters. The van der Waals surface area contributed by atoms with E-state index in [0.717, 1.165) is 6.07 Å². The van der Waals surface area contributed by atoms with Crippen LogP contribution in [-0.2, 0) is 0 Å². The molecule has 0 aliphatic carbocycles. The Hall–Kier alpha value is -1.63. The number of ether oxygens (including phenoxy) is 1. The van der Waals surface area contributed by atoms with Gasteiger partial charge in [-0.25, -0.2) is 4.39 Å². The second-order valence-electron chi connectivity index (χ2n) is 4.38. The SMILES string of the molecule is COc1ccc(C(=O)CN(C)CCC(F)(F)F)cc1F. The molecule has 0 saturated heterocycles. The van der Waals surface area contributed by atoms with Crippen molar-refractivity contribution in [1.29, 1.82) is 0 Å². The molecule has 1 aromatic rings. The summed E-state index contributed by atoms with van der Waals surface area (Å²) < 4.78 is 54.2. The maximum absolute atomic E-state index is 13.4. The molecule has 1 aromatic carbocycles. The van der Waals surface area contributed by atoms with Gasteiger partial charge in [0, 0.05) is 12.1 Å². The van der Waals surface area contributed by atoms with Crippen LogP contribution in [0.2, 0.25) is 0 Å². The zero-order chi connectivity index (χ0) is 15.3. The number of benzene rings is 1. The molecule has 112 valence electrons. The van der Waals surface area contributed by atoms with Crippen molar-refractivity contribution in [2.45, 2.75) is 12.6 Å². The summed E-state index contributed by atoms with van der Waals surface area (Å²) in [6.07, 6.45) is -5.25. The van der Waals surface area contributed by atoms with E-state index in [2.05, 4.69) is 0 Å². The lowest BCUT2D eigenvalue weighted by Gasteiger charge is -2.16. The van der Waals surface area contributed by atoms with Crippen LogP contribution in [-0.4, -0.2) is 44.1 Å². The standard InChI is InChI=1S/C13H15F4NO2/c1-18(6-5-13(15,16)17)8-11(19)9-3-4-12(20-2)10(14)7-9/h3-4,7H,5-6,8H2,1-2H3. The average molecular weight is 293 g/mol. The number of methoxy groups -OCH3 is 1. The number of Topliss-reactive ketones (excluding diaryl/α,β-unsaturated/α-hetero) is 1. The van der Waals surface area contributed by atoms with E-state index in [1.54, 1.807) is 0 Å². The van der Waals surface area contributed by atoms with Gasteiger partial charge in [0.05, 0.1) is 20.1 Å². The Bertz CT molecular complexity index is 474. The van der Waals surface area contributed by atoms with Crippen molar-refractivity contribution in [3.8, 4) is 5.75 Å².